The van der Waals surface area contributed by atoms with Gasteiger partial charge in [0.1, 0.15) is 11.8 Å². The molecule has 0 radical (unpaired) electrons. The zero-order chi connectivity index (χ0) is 14.7. The highest BCUT2D eigenvalue weighted by Gasteiger charge is 2.17. The molecule has 20 heavy (non-hydrogen) atoms. The van der Waals surface area contributed by atoms with Crippen molar-refractivity contribution in [3.63, 3.8) is 0 Å². The number of aromatic nitrogens is 1. The Morgan fingerprint density at radius 3 is 2.60 bits per heavy atom. The lowest BCUT2D eigenvalue weighted by Crippen LogP contribution is -2.10. The number of rotatable bonds is 4. The van der Waals surface area contributed by atoms with Crippen molar-refractivity contribution in [1.82, 2.24) is 4.98 Å². The summed E-state index contributed by atoms with van der Waals surface area (Å²) in [4.78, 5) is 25.9. The first-order valence-electron chi connectivity index (χ1n) is 6.14. The Balaban J connectivity index is 2.11. The summed E-state index contributed by atoms with van der Waals surface area (Å²) in [5.41, 5.74) is 1.43. The topological polar surface area (TPSA) is 59.2 Å². The van der Waals surface area contributed by atoms with E-state index in [4.69, 9.17) is 16.3 Å². The van der Waals surface area contributed by atoms with Gasteiger partial charge in [-0.3, -0.25) is 4.79 Å². The summed E-state index contributed by atoms with van der Waals surface area (Å²) in [7, 11) is 0. The average Bonchev–Trinajstić information content (AvgIpc) is 2.88. The van der Waals surface area contributed by atoms with Crippen LogP contribution in [0.5, 0.6) is 0 Å². The van der Waals surface area contributed by atoms with E-state index in [1.807, 2.05) is 12.1 Å². The molecule has 104 valence electrons. The van der Waals surface area contributed by atoms with E-state index in [0.29, 0.717) is 10.6 Å². The molecule has 0 fully saturated rings. The summed E-state index contributed by atoms with van der Waals surface area (Å²) >= 11 is 6.05. The predicted molar refractivity (Wildman–Crippen MR) is 76.1 cm³/mol. The van der Waals surface area contributed by atoms with Crippen LogP contribution in [-0.2, 0) is 4.74 Å². The molecule has 0 aliphatic carbocycles. The van der Waals surface area contributed by atoms with E-state index < -0.39 is 12.1 Å². The number of carbonyl (C=O) groups excluding carboxylic acids is 2. The van der Waals surface area contributed by atoms with Crippen molar-refractivity contribution in [1.29, 1.82) is 0 Å². The van der Waals surface area contributed by atoms with Gasteiger partial charge in [-0.05, 0) is 26.0 Å². The summed E-state index contributed by atoms with van der Waals surface area (Å²) in [5.74, 6) is -0.635. The van der Waals surface area contributed by atoms with Gasteiger partial charge < -0.3 is 9.72 Å². The van der Waals surface area contributed by atoms with Crippen LogP contribution >= 0.6 is 11.6 Å². The van der Waals surface area contributed by atoms with E-state index >= 15 is 0 Å². The number of esters is 1. The molecule has 0 aliphatic rings. The van der Waals surface area contributed by atoms with Gasteiger partial charge in [-0.1, -0.05) is 29.8 Å². The summed E-state index contributed by atoms with van der Waals surface area (Å²) in [6.45, 7) is 3.18. The fourth-order valence-electron chi connectivity index (χ4n) is 1.81. The first-order chi connectivity index (χ1) is 9.49. The molecule has 0 amide bonds. The molecule has 2 aromatic rings. The lowest BCUT2D eigenvalue weighted by molar-refractivity contribution is 0.0332. The lowest BCUT2D eigenvalue weighted by atomic mass is 10.1. The van der Waals surface area contributed by atoms with Gasteiger partial charge in [-0.2, -0.15) is 0 Å². The third-order valence-corrected chi connectivity index (χ3v) is 3.28. The molecule has 1 N–H and O–H groups in total. The molecule has 1 atom stereocenters. The molecule has 0 bridgehead atoms. The van der Waals surface area contributed by atoms with Gasteiger partial charge in [-0.25, -0.2) is 4.79 Å². The molecule has 0 saturated heterocycles. The van der Waals surface area contributed by atoms with Gasteiger partial charge in [0.15, 0.2) is 5.78 Å². The maximum Gasteiger partial charge on any atom is 0.355 e. The molecule has 1 heterocycles. The fraction of sp³-hybridized carbons (Fsp3) is 0.200. The van der Waals surface area contributed by atoms with E-state index in [1.165, 1.54) is 19.2 Å². The number of carbonyl (C=O) groups is 2. The SMILES string of the molecule is CC(=O)c1c[nH]c(C(=O)OC(C)c2ccccc2Cl)c1. The number of hydrogen-bond donors (Lipinski definition) is 1. The highest BCUT2D eigenvalue weighted by Crippen LogP contribution is 2.25. The summed E-state index contributed by atoms with van der Waals surface area (Å²) in [6.07, 6.45) is 1.01. The Morgan fingerprint density at radius 1 is 1.30 bits per heavy atom. The average molecular weight is 292 g/mol. The van der Waals surface area contributed by atoms with E-state index in [0.717, 1.165) is 5.56 Å². The number of Topliss-reactive ketones (excluding diaryl/α,β-unsaturated/α-hetero) is 1. The highest BCUT2D eigenvalue weighted by molar-refractivity contribution is 6.31. The van der Waals surface area contributed by atoms with Crippen LogP contribution in [0, 0.1) is 0 Å². The number of benzene rings is 1. The predicted octanol–water partition coefficient (Wildman–Crippen LogP) is 3.79. The number of hydrogen-bond acceptors (Lipinski definition) is 3. The first-order valence-corrected chi connectivity index (χ1v) is 6.51. The maximum atomic E-state index is 12.0. The number of nitrogens with one attached hydrogen (secondary N) is 1. The minimum absolute atomic E-state index is 0.112. The normalized spacial score (nSPS) is 11.9. The van der Waals surface area contributed by atoms with Crippen molar-refractivity contribution in [3.8, 4) is 0 Å². The Kier molecular flexibility index (Phi) is 4.25. The lowest BCUT2D eigenvalue weighted by Gasteiger charge is -2.14. The molecule has 1 unspecified atom stereocenters. The smallest absolute Gasteiger partial charge is 0.355 e. The summed E-state index contributed by atoms with van der Waals surface area (Å²) in [5, 5.41) is 0.545. The third-order valence-electron chi connectivity index (χ3n) is 2.94. The summed E-state index contributed by atoms with van der Waals surface area (Å²) in [6, 6.07) is 8.65. The quantitative estimate of drug-likeness (QED) is 0.689. The number of ketones is 1. The second-order valence-electron chi connectivity index (χ2n) is 4.43. The molecule has 0 saturated carbocycles. The third kappa shape index (κ3) is 3.08. The van der Waals surface area contributed by atoms with Crippen LogP contribution in [0.3, 0.4) is 0 Å². The van der Waals surface area contributed by atoms with E-state index in [2.05, 4.69) is 4.98 Å². The van der Waals surface area contributed by atoms with Gasteiger partial charge in [0.25, 0.3) is 0 Å². The Labute approximate surface area is 121 Å². The molecule has 0 spiro atoms. The van der Waals surface area contributed by atoms with E-state index in [1.54, 1.807) is 19.1 Å². The van der Waals surface area contributed by atoms with Crippen LogP contribution in [-0.4, -0.2) is 16.7 Å². The van der Waals surface area contributed by atoms with E-state index in [-0.39, 0.29) is 11.5 Å². The highest BCUT2D eigenvalue weighted by atomic mass is 35.5. The molecular weight excluding hydrogens is 278 g/mol. The van der Waals surface area contributed by atoms with Gasteiger partial charge in [0.05, 0.1) is 0 Å². The number of halogens is 1. The van der Waals surface area contributed by atoms with Crippen LogP contribution in [0.1, 0.15) is 46.4 Å². The molecule has 1 aromatic carbocycles. The van der Waals surface area contributed by atoms with Crippen molar-refractivity contribution in [2.75, 3.05) is 0 Å². The van der Waals surface area contributed by atoms with Crippen LogP contribution in [0.2, 0.25) is 5.02 Å². The van der Waals surface area contributed by atoms with E-state index in [9.17, 15) is 9.59 Å². The molecule has 2 rings (SSSR count). The molecule has 5 heteroatoms. The zero-order valence-corrected chi connectivity index (χ0v) is 11.9. The maximum absolute atomic E-state index is 12.0. The van der Waals surface area contributed by atoms with Crippen LogP contribution < -0.4 is 0 Å². The van der Waals surface area contributed by atoms with Gasteiger partial charge in [0.2, 0.25) is 0 Å². The zero-order valence-electron chi connectivity index (χ0n) is 11.1. The van der Waals surface area contributed by atoms with Crippen LogP contribution in [0.25, 0.3) is 0 Å². The standard InChI is InChI=1S/C15H14ClNO3/c1-9(18)11-7-14(17-8-11)15(19)20-10(2)12-5-3-4-6-13(12)16/h3-8,10,17H,1-2H3. The Bertz CT molecular complexity index is 648. The Morgan fingerprint density at radius 2 is 2.00 bits per heavy atom. The molecule has 1 aromatic heterocycles. The monoisotopic (exact) mass is 291 g/mol. The number of aromatic amines is 1. The molecule has 0 aliphatic heterocycles. The minimum Gasteiger partial charge on any atom is -0.453 e. The Hall–Kier alpha value is -2.07. The van der Waals surface area contributed by atoms with Crippen molar-refractivity contribution in [2.45, 2.75) is 20.0 Å². The van der Waals surface area contributed by atoms with Crippen LogP contribution in [0.15, 0.2) is 36.5 Å². The fourth-order valence-corrected chi connectivity index (χ4v) is 2.10. The van der Waals surface area contributed by atoms with Gasteiger partial charge in [0, 0.05) is 22.3 Å². The van der Waals surface area contributed by atoms with Gasteiger partial charge >= 0.3 is 5.97 Å². The van der Waals surface area contributed by atoms with Crippen molar-refractivity contribution >= 4 is 23.4 Å². The summed E-state index contributed by atoms with van der Waals surface area (Å²) < 4.78 is 5.33. The first kappa shape index (κ1) is 14.3. The number of H-pyrrole nitrogens is 1. The van der Waals surface area contributed by atoms with Crippen molar-refractivity contribution < 1.29 is 14.3 Å². The second kappa shape index (κ2) is 5.92. The van der Waals surface area contributed by atoms with Crippen LogP contribution in [0.4, 0.5) is 0 Å². The largest absolute Gasteiger partial charge is 0.453 e. The van der Waals surface area contributed by atoms with Crippen molar-refractivity contribution in [2.24, 2.45) is 0 Å². The molecular formula is C15H14ClNO3. The minimum atomic E-state index is -0.523. The van der Waals surface area contributed by atoms with Gasteiger partial charge in [-0.15, -0.1) is 0 Å². The molecule has 4 nitrogen and oxygen atoms in total. The second-order valence-corrected chi connectivity index (χ2v) is 4.83. The number of ether oxygens (including phenoxy) is 1. The van der Waals surface area contributed by atoms with Crippen molar-refractivity contribution in [3.05, 3.63) is 58.4 Å².